The number of hydrogen-bond donors (Lipinski definition) is 1. The molecular formula is C14H20N2O3. The molecule has 0 heterocycles. The van der Waals surface area contributed by atoms with Crippen LogP contribution in [0.3, 0.4) is 0 Å². The molecule has 2 atom stereocenters. The predicted molar refractivity (Wildman–Crippen MR) is 74.2 cm³/mol. The maximum absolute atomic E-state index is 11.1. The fraction of sp³-hybridized carbons (Fsp3) is 0.571. The highest BCUT2D eigenvalue weighted by atomic mass is 16.6. The zero-order valence-corrected chi connectivity index (χ0v) is 11.2. The molecular weight excluding hydrogens is 244 g/mol. The Labute approximate surface area is 112 Å². The lowest BCUT2D eigenvalue weighted by atomic mass is 9.85. The van der Waals surface area contributed by atoms with Gasteiger partial charge in [-0.05, 0) is 43.7 Å². The summed E-state index contributed by atoms with van der Waals surface area (Å²) in [4.78, 5) is 10.6. The van der Waals surface area contributed by atoms with Gasteiger partial charge in [-0.15, -0.1) is 0 Å². The number of hydrogen-bond acceptors (Lipinski definition) is 4. The quantitative estimate of drug-likeness (QED) is 0.512. The van der Waals surface area contributed by atoms with Crippen LogP contribution in [0, 0.1) is 16.0 Å². The van der Waals surface area contributed by atoms with E-state index >= 15 is 0 Å². The minimum absolute atomic E-state index is 0.0687. The molecule has 0 amide bonds. The van der Waals surface area contributed by atoms with Crippen LogP contribution in [-0.4, -0.2) is 11.0 Å². The Morgan fingerprint density at radius 1 is 1.42 bits per heavy atom. The minimum atomic E-state index is -0.464. The summed E-state index contributed by atoms with van der Waals surface area (Å²) in [6.45, 7) is 2.14. The molecule has 2 rings (SSSR count). The number of para-hydroxylation sites is 1. The van der Waals surface area contributed by atoms with Crippen LogP contribution < -0.4 is 10.5 Å². The summed E-state index contributed by atoms with van der Waals surface area (Å²) in [7, 11) is 0. The van der Waals surface area contributed by atoms with E-state index < -0.39 is 4.92 Å². The second-order valence-corrected chi connectivity index (χ2v) is 5.06. The Balaban J connectivity index is 2.22. The van der Waals surface area contributed by atoms with Crippen LogP contribution in [0.1, 0.15) is 39.0 Å². The fourth-order valence-corrected chi connectivity index (χ4v) is 2.79. The Kier molecular flexibility index (Phi) is 4.24. The smallest absolute Gasteiger partial charge is 0.333 e. The summed E-state index contributed by atoms with van der Waals surface area (Å²) in [5, 5.41) is 11.1. The molecule has 1 fully saturated rings. The monoisotopic (exact) mass is 264 g/mol. The van der Waals surface area contributed by atoms with E-state index in [2.05, 4.69) is 6.92 Å². The van der Waals surface area contributed by atoms with Crippen LogP contribution in [-0.2, 0) is 0 Å². The molecule has 2 N–H and O–H groups in total. The maximum Gasteiger partial charge on any atom is 0.333 e. The van der Waals surface area contributed by atoms with Crippen LogP contribution >= 0.6 is 0 Å². The van der Waals surface area contributed by atoms with Crippen molar-refractivity contribution in [1.29, 1.82) is 0 Å². The lowest BCUT2D eigenvalue weighted by molar-refractivity contribution is -0.385. The fourth-order valence-electron chi connectivity index (χ4n) is 2.79. The van der Waals surface area contributed by atoms with Gasteiger partial charge >= 0.3 is 5.69 Å². The summed E-state index contributed by atoms with van der Waals surface area (Å²) in [6.07, 6.45) is 5.55. The third kappa shape index (κ3) is 2.97. The number of rotatable bonds is 4. The molecule has 1 aromatic carbocycles. The van der Waals surface area contributed by atoms with Gasteiger partial charge in [0.25, 0.3) is 0 Å². The largest absolute Gasteiger partial charge is 0.483 e. The number of nitrogen functional groups attached to an aromatic ring is 1. The van der Waals surface area contributed by atoms with Crippen LogP contribution in [0.25, 0.3) is 0 Å². The van der Waals surface area contributed by atoms with Gasteiger partial charge in [0.1, 0.15) is 11.8 Å². The molecule has 1 aromatic rings. The third-order valence-corrected chi connectivity index (χ3v) is 3.85. The van der Waals surface area contributed by atoms with Crippen molar-refractivity contribution in [3.8, 4) is 5.75 Å². The molecule has 104 valence electrons. The van der Waals surface area contributed by atoms with Gasteiger partial charge in [0.15, 0.2) is 5.75 Å². The second kappa shape index (κ2) is 5.91. The maximum atomic E-state index is 11.1. The molecule has 1 saturated carbocycles. The summed E-state index contributed by atoms with van der Waals surface area (Å²) in [5.74, 6) is 0.783. The molecule has 0 aromatic heterocycles. The molecule has 1 aliphatic carbocycles. The van der Waals surface area contributed by atoms with Gasteiger partial charge < -0.3 is 10.5 Å². The van der Waals surface area contributed by atoms with E-state index in [0.29, 0.717) is 11.7 Å². The van der Waals surface area contributed by atoms with Crippen molar-refractivity contribution in [3.05, 3.63) is 28.3 Å². The van der Waals surface area contributed by atoms with E-state index in [1.54, 1.807) is 12.1 Å². The van der Waals surface area contributed by atoms with E-state index in [9.17, 15) is 10.1 Å². The molecule has 2 unspecified atom stereocenters. The molecule has 5 nitrogen and oxygen atoms in total. The number of anilines is 1. The SMILES string of the molecule is CCC1CCCCC1Oc1cccc(N)c1[N+](=O)[O-]. The third-order valence-electron chi connectivity index (χ3n) is 3.85. The van der Waals surface area contributed by atoms with Crippen molar-refractivity contribution < 1.29 is 9.66 Å². The first-order valence-electron chi connectivity index (χ1n) is 6.83. The van der Waals surface area contributed by atoms with Gasteiger partial charge in [0.2, 0.25) is 0 Å². The lowest BCUT2D eigenvalue weighted by Crippen LogP contribution is -2.30. The van der Waals surface area contributed by atoms with E-state index in [1.165, 1.54) is 12.5 Å². The second-order valence-electron chi connectivity index (χ2n) is 5.06. The van der Waals surface area contributed by atoms with Gasteiger partial charge in [-0.3, -0.25) is 10.1 Å². The van der Waals surface area contributed by atoms with Crippen molar-refractivity contribution >= 4 is 11.4 Å². The van der Waals surface area contributed by atoms with Gasteiger partial charge in [-0.25, -0.2) is 0 Å². The zero-order valence-electron chi connectivity index (χ0n) is 11.2. The topological polar surface area (TPSA) is 78.4 Å². The first kappa shape index (κ1) is 13.6. The number of nitrogens with zero attached hydrogens (tertiary/aromatic N) is 1. The minimum Gasteiger partial charge on any atom is -0.483 e. The average Bonchev–Trinajstić information content (AvgIpc) is 2.39. The highest BCUT2D eigenvalue weighted by Gasteiger charge is 2.28. The first-order valence-corrected chi connectivity index (χ1v) is 6.83. The molecule has 0 saturated heterocycles. The normalized spacial score (nSPS) is 23.0. The van der Waals surface area contributed by atoms with Gasteiger partial charge in [0, 0.05) is 0 Å². The Morgan fingerprint density at radius 2 is 2.16 bits per heavy atom. The Morgan fingerprint density at radius 3 is 2.84 bits per heavy atom. The predicted octanol–water partition coefficient (Wildman–Crippen LogP) is 3.52. The molecule has 1 aliphatic rings. The highest BCUT2D eigenvalue weighted by Crippen LogP contribution is 2.37. The van der Waals surface area contributed by atoms with Crippen molar-refractivity contribution in [1.82, 2.24) is 0 Å². The van der Waals surface area contributed by atoms with Gasteiger partial charge in [0.05, 0.1) is 4.92 Å². The van der Waals surface area contributed by atoms with Crippen molar-refractivity contribution in [2.75, 3.05) is 5.73 Å². The Bertz CT molecular complexity index is 462. The molecule has 0 aliphatic heterocycles. The summed E-state index contributed by atoms with van der Waals surface area (Å²) in [6, 6.07) is 4.86. The van der Waals surface area contributed by atoms with E-state index in [0.717, 1.165) is 25.7 Å². The first-order chi connectivity index (χ1) is 9.13. The summed E-state index contributed by atoms with van der Waals surface area (Å²) in [5.41, 5.74) is 5.72. The van der Waals surface area contributed by atoms with E-state index in [1.807, 2.05) is 0 Å². The van der Waals surface area contributed by atoms with E-state index in [-0.39, 0.29) is 17.5 Å². The van der Waals surface area contributed by atoms with Crippen LogP contribution in [0.15, 0.2) is 18.2 Å². The number of benzene rings is 1. The van der Waals surface area contributed by atoms with Crippen LogP contribution in [0.4, 0.5) is 11.4 Å². The summed E-state index contributed by atoms with van der Waals surface area (Å²) < 4.78 is 5.91. The molecule has 0 radical (unpaired) electrons. The zero-order chi connectivity index (χ0) is 13.8. The number of nitrogens with two attached hydrogens (primary N) is 1. The summed E-state index contributed by atoms with van der Waals surface area (Å²) >= 11 is 0. The number of nitro groups is 1. The Hall–Kier alpha value is -1.78. The highest BCUT2D eigenvalue weighted by molar-refractivity contribution is 5.65. The van der Waals surface area contributed by atoms with Gasteiger partial charge in [-0.2, -0.15) is 0 Å². The van der Waals surface area contributed by atoms with Crippen molar-refractivity contribution in [3.63, 3.8) is 0 Å². The van der Waals surface area contributed by atoms with Crippen LogP contribution in [0.2, 0.25) is 0 Å². The van der Waals surface area contributed by atoms with Gasteiger partial charge in [-0.1, -0.05) is 19.4 Å². The number of ether oxygens (including phenoxy) is 1. The number of nitro benzene ring substituents is 1. The standard InChI is InChI=1S/C14H20N2O3/c1-2-10-6-3-4-8-12(10)19-13-9-5-7-11(15)14(13)16(17)18/h5,7,9-10,12H,2-4,6,8,15H2,1H3. The molecule has 19 heavy (non-hydrogen) atoms. The molecule has 0 bridgehead atoms. The molecule has 0 spiro atoms. The van der Waals surface area contributed by atoms with Crippen molar-refractivity contribution in [2.45, 2.75) is 45.1 Å². The van der Waals surface area contributed by atoms with E-state index in [4.69, 9.17) is 10.5 Å². The van der Waals surface area contributed by atoms with Crippen molar-refractivity contribution in [2.24, 2.45) is 5.92 Å². The average molecular weight is 264 g/mol. The lowest BCUT2D eigenvalue weighted by Gasteiger charge is -2.31. The van der Waals surface area contributed by atoms with Crippen LogP contribution in [0.5, 0.6) is 5.75 Å². The molecule has 5 heteroatoms.